The summed E-state index contributed by atoms with van der Waals surface area (Å²) in [5.41, 5.74) is 0. The quantitative estimate of drug-likeness (QED) is 0.761. The van der Waals surface area contributed by atoms with E-state index in [0.29, 0.717) is 0 Å². The van der Waals surface area contributed by atoms with Crippen molar-refractivity contribution >= 4 is 21.7 Å². The first-order chi connectivity index (χ1) is 5.88. The van der Waals surface area contributed by atoms with Crippen molar-refractivity contribution < 1.29 is 22.4 Å². The minimum atomic E-state index is -4.49. The van der Waals surface area contributed by atoms with Gasteiger partial charge in [0.15, 0.2) is 10.4 Å². The molecule has 0 aliphatic rings. The highest BCUT2D eigenvalue weighted by Crippen LogP contribution is 2.23. The second-order valence-electron chi connectivity index (χ2n) is 2.32. The predicted molar refractivity (Wildman–Crippen MR) is 41.4 cm³/mol. The topological polar surface area (TPSA) is 30.2 Å². The van der Waals surface area contributed by atoms with Gasteiger partial charge in [-0.1, -0.05) is 0 Å². The predicted octanol–water partition coefficient (Wildman–Crippen LogP) is 3.18. The van der Waals surface area contributed by atoms with Crippen LogP contribution in [0.4, 0.5) is 13.2 Å². The highest BCUT2D eigenvalue weighted by molar-refractivity contribution is 9.10. The lowest BCUT2D eigenvalue weighted by molar-refractivity contribution is -0.125. The van der Waals surface area contributed by atoms with Gasteiger partial charge >= 0.3 is 6.18 Å². The average molecular weight is 257 g/mol. The Kier molecular flexibility index (Phi) is 2.80. The van der Waals surface area contributed by atoms with Crippen molar-refractivity contribution in [3.63, 3.8) is 0 Å². The van der Waals surface area contributed by atoms with Gasteiger partial charge in [-0.3, -0.25) is 4.79 Å². The molecular weight excluding hydrogens is 253 g/mol. The third kappa shape index (κ3) is 3.22. The fourth-order valence-corrected chi connectivity index (χ4v) is 1.04. The van der Waals surface area contributed by atoms with Crippen molar-refractivity contribution in [3.8, 4) is 0 Å². The van der Waals surface area contributed by atoms with Gasteiger partial charge in [-0.15, -0.1) is 0 Å². The first-order valence-corrected chi connectivity index (χ1v) is 4.03. The lowest BCUT2D eigenvalue weighted by atomic mass is 10.2. The monoisotopic (exact) mass is 256 g/mol. The minimum absolute atomic E-state index is 0.234. The molecule has 1 aromatic heterocycles. The molecule has 0 spiro atoms. The summed E-state index contributed by atoms with van der Waals surface area (Å²) in [5, 5.41) is 0. The van der Waals surface area contributed by atoms with Crippen LogP contribution in [0.1, 0.15) is 17.0 Å². The van der Waals surface area contributed by atoms with Gasteiger partial charge in [0.1, 0.15) is 6.42 Å². The zero-order valence-electron chi connectivity index (χ0n) is 6.19. The molecule has 0 aliphatic heterocycles. The summed E-state index contributed by atoms with van der Waals surface area (Å²) in [6.07, 6.45) is -5.98. The largest absolute Gasteiger partial charge is 0.446 e. The van der Waals surface area contributed by atoms with Crippen molar-refractivity contribution in [2.75, 3.05) is 0 Å². The molecule has 0 unspecified atom stereocenters. The first kappa shape index (κ1) is 10.3. The summed E-state index contributed by atoms with van der Waals surface area (Å²) in [5.74, 6) is -1.36. The second-order valence-corrected chi connectivity index (χ2v) is 3.10. The number of rotatable bonds is 2. The normalized spacial score (nSPS) is 11.7. The van der Waals surface area contributed by atoms with Gasteiger partial charge in [-0.2, -0.15) is 13.2 Å². The van der Waals surface area contributed by atoms with Crippen molar-refractivity contribution in [2.24, 2.45) is 0 Å². The molecule has 0 aliphatic carbocycles. The molecule has 0 radical (unpaired) electrons. The molecule has 2 nitrogen and oxygen atoms in total. The van der Waals surface area contributed by atoms with Gasteiger partial charge in [0, 0.05) is 0 Å². The summed E-state index contributed by atoms with van der Waals surface area (Å²) in [6, 6.07) is 2.56. The van der Waals surface area contributed by atoms with E-state index in [-0.39, 0.29) is 10.4 Å². The number of halogens is 4. The summed E-state index contributed by atoms with van der Waals surface area (Å²) in [6.45, 7) is 0. The number of furan rings is 1. The first-order valence-electron chi connectivity index (χ1n) is 3.24. The van der Waals surface area contributed by atoms with Crippen LogP contribution in [0.2, 0.25) is 0 Å². The Morgan fingerprint density at radius 1 is 1.46 bits per heavy atom. The number of hydrogen-bond acceptors (Lipinski definition) is 2. The van der Waals surface area contributed by atoms with Crippen LogP contribution in [0.15, 0.2) is 21.2 Å². The molecule has 0 N–H and O–H groups in total. The van der Waals surface area contributed by atoms with Crippen molar-refractivity contribution in [1.29, 1.82) is 0 Å². The molecule has 72 valence electrons. The Morgan fingerprint density at radius 3 is 2.46 bits per heavy atom. The number of carbonyl (C=O) groups is 1. The van der Waals surface area contributed by atoms with Gasteiger partial charge in [-0.25, -0.2) is 0 Å². The van der Waals surface area contributed by atoms with Crippen LogP contribution in [0.3, 0.4) is 0 Å². The minimum Gasteiger partial charge on any atom is -0.446 e. The Labute approximate surface area is 79.8 Å². The molecule has 0 aromatic carbocycles. The molecule has 13 heavy (non-hydrogen) atoms. The Morgan fingerprint density at radius 2 is 2.08 bits per heavy atom. The standard InChI is InChI=1S/C7H4BrF3O2/c8-6-2-1-5(13-6)4(12)3-7(9,10)11/h1-2H,3H2. The molecule has 0 saturated carbocycles. The zero-order valence-corrected chi connectivity index (χ0v) is 7.78. The number of ketones is 1. The zero-order chi connectivity index (χ0) is 10.1. The molecule has 6 heteroatoms. The van der Waals surface area contributed by atoms with Crippen LogP contribution in [-0.2, 0) is 0 Å². The third-order valence-corrected chi connectivity index (χ3v) is 1.64. The molecule has 1 rings (SSSR count). The summed E-state index contributed by atoms with van der Waals surface area (Å²) in [7, 11) is 0. The molecular formula is C7H4BrF3O2. The van der Waals surface area contributed by atoms with E-state index in [1.807, 2.05) is 0 Å². The summed E-state index contributed by atoms with van der Waals surface area (Å²) >= 11 is 2.88. The fourth-order valence-electron chi connectivity index (χ4n) is 0.733. The van der Waals surface area contributed by atoms with E-state index in [2.05, 4.69) is 20.3 Å². The van der Waals surface area contributed by atoms with Crippen LogP contribution in [0.5, 0.6) is 0 Å². The average Bonchev–Trinajstić information content (AvgIpc) is 2.31. The maximum atomic E-state index is 11.7. The van der Waals surface area contributed by atoms with Gasteiger partial charge < -0.3 is 4.42 Å². The van der Waals surface area contributed by atoms with Crippen molar-refractivity contribution in [2.45, 2.75) is 12.6 Å². The Hall–Kier alpha value is -0.780. The summed E-state index contributed by atoms with van der Waals surface area (Å²) in [4.78, 5) is 10.8. The SMILES string of the molecule is O=C(CC(F)(F)F)c1ccc(Br)o1. The van der Waals surface area contributed by atoms with Crippen LogP contribution in [-0.4, -0.2) is 12.0 Å². The van der Waals surface area contributed by atoms with Crippen LogP contribution in [0.25, 0.3) is 0 Å². The second kappa shape index (κ2) is 3.53. The van der Waals surface area contributed by atoms with Crippen LogP contribution >= 0.6 is 15.9 Å². The van der Waals surface area contributed by atoms with E-state index < -0.39 is 18.4 Å². The fraction of sp³-hybridized carbons (Fsp3) is 0.286. The van der Waals surface area contributed by atoms with Gasteiger partial charge in [-0.05, 0) is 28.1 Å². The van der Waals surface area contributed by atoms with Crippen LogP contribution < -0.4 is 0 Å². The highest BCUT2D eigenvalue weighted by Gasteiger charge is 2.32. The lowest BCUT2D eigenvalue weighted by Crippen LogP contribution is -2.14. The number of alkyl halides is 3. The van der Waals surface area contributed by atoms with Gasteiger partial charge in [0.05, 0.1) is 0 Å². The highest BCUT2D eigenvalue weighted by atomic mass is 79.9. The maximum Gasteiger partial charge on any atom is 0.396 e. The molecule has 0 saturated heterocycles. The molecule has 0 amide bonds. The van der Waals surface area contributed by atoms with Gasteiger partial charge in [0.25, 0.3) is 0 Å². The molecule has 0 fully saturated rings. The number of hydrogen-bond donors (Lipinski definition) is 0. The van der Waals surface area contributed by atoms with E-state index in [4.69, 9.17) is 0 Å². The van der Waals surface area contributed by atoms with E-state index in [1.54, 1.807) is 0 Å². The molecule has 1 heterocycles. The Balaban J connectivity index is 2.70. The maximum absolute atomic E-state index is 11.7. The number of carbonyl (C=O) groups excluding carboxylic acids is 1. The smallest absolute Gasteiger partial charge is 0.396 e. The molecule has 1 aromatic rings. The van der Waals surface area contributed by atoms with E-state index in [1.165, 1.54) is 12.1 Å². The third-order valence-electron chi connectivity index (χ3n) is 1.21. The van der Waals surface area contributed by atoms with E-state index in [0.717, 1.165) is 0 Å². The lowest BCUT2D eigenvalue weighted by Gasteiger charge is -2.02. The van der Waals surface area contributed by atoms with Gasteiger partial charge in [0.2, 0.25) is 5.78 Å². The van der Waals surface area contributed by atoms with Crippen molar-refractivity contribution in [3.05, 3.63) is 22.6 Å². The van der Waals surface area contributed by atoms with E-state index >= 15 is 0 Å². The van der Waals surface area contributed by atoms with Crippen molar-refractivity contribution in [1.82, 2.24) is 0 Å². The summed E-state index contributed by atoms with van der Waals surface area (Å²) < 4.78 is 40.1. The van der Waals surface area contributed by atoms with Crippen LogP contribution in [0, 0.1) is 0 Å². The molecule has 0 bridgehead atoms. The van der Waals surface area contributed by atoms with E-state index in [9.17, 15) is 18.0 Å². The number of Topliss-reactive ketones (excluding diaryl/α,β-unsaturated/α-hetero) is 1. The molecule has 0 atom stereocenters. The Bertz CT molecular complexity index is 316.